The Labute approximate surface area is 177 Å². The summed E-state index contributed by atoms with van der Waals surface area (Å²) in [5.41, 5.74) is 2.27. The van der Waals surface area contributed by atoms with Crippen molar-refractivity contribution in [1.82, 2.24) is 4.98 Å². The van der Waals surface area contributed by atoms with Gasteiger partial charge in [0.05, 0.1) is 39.0 Å². The molecule has 0 fully saturated rings. The highest BCUT2D eigenvalue weighted by Crippen LogP contribution is 2.39. The summed E-state index contributed by atoms with van der Waals surface area (Å²) in [6.07, 6.45) is -0.184. The van der Waals surface area contributed by atoms with Gasteiger partial charge in [-0.1, -0.05) is 0 Å². The van der Waals surface area contributed by atoms with Gasteiger partial charge in [-0.15, -0.1) is 11.3 Å². The second-order valence-electron chi connectivity index (χ2n) is 6.12. The van der Waals surface area contributed by atoms with Gasteiger partial charge in [0, 0.05) is 16.1 Å². The van der Waals surface area contributed by atoms with E-state index in [2.05, 4.69) is 10.3 Å². The Hall–Kier alpha value is -3.59. The van der Waals surface area contributed by atoms with Crippen molar-refractivity contribution < 1.29 is 28.9 Å². The maximum atomic E-state index is 11.6. The van der Waals surface area contributed by atoms with Gasteiger partial charge in [0.2, 0.25) is 0 Å². The third-order valence-electron chi connectivity index (χ3n) is 4.23. The largest absolute Gasteiger partial charge is 0.497 e. The molecule has 1 heterocycles. The first-order chi connectivity index (χ1) is 14.4. The van der Waals surface area contributed by atoms with Gasteiger partial charge in [-0.25, -0.2) is 9.78 Å². The minimum atomic E-state index is -0.962. The van der Waals surface area contributed by atoms with E-state index in [0.717, 1.165) is 0 Å². The van der Waals surface area contributed by atoms with Crippen molar-refractivity contribution in [3.05, 3.63) is 52.9 Å². The number of carboxylic acid groups (broad SMARTS) is 1. The second-order valence-corrected chi connectivity index (χ2v) is 7.21. The molecule has 30 heavy (non-hydrogen) atoms. The van der Waals surface area contributed by atoms with Crippen LogP contribution < -0.4 is 14.8 Å². The lowest BCUT2D eigenvalue weighted by Gasteiger charge is -2.10. The van der Waals surface area contributed by atoms with Crippen molar-refractivity contribution in [3.8, 4) is 22.8 Å². The lowest BCUT2D eigenvalue weighted by molar-refractivity contribution is -0.136. The van der Waals surface area contributed by atoms with Crippen LogP contribution in [0.5, 0.6) is 11.5 Å². The zero-order valence-electron chi connectivity index (χ0n) is 16.6. The Kier molecular flexibility index (Phi) is 6.53. The molecule has 2 N–H and O–H groups in total. The molecule has 9 heteroatoms. The zero-order valence-corrected chi connectivity index (χ0v) is 17.4. The number of anilines is 2. The third-order valence-corrected chi connectivity index (χ3v) is 5.20. The van der Waals surface area contributed by atoms with Crippen molar-refractivity contribution in [2.75, 3.05) is 26.6 Å². The lowest BCUT2D eigenvalue weighted by Crippen LogP contribution is -2.00. The number of aromatic nitrogens is 1. The first kappa shape index (κ1) is 21.1. The molecule has 2 aromatic carbocycles. The van der Waals surface area contributed by atoms with Crippen molar-refractivity contribution in [2.45, 2.75) is 6.42 Å². The molecule has 0 amide bonds. The van der Waals surface area contributed by atoms with Gasteiger partial charge in [-0.05, 0) is 42.5 Å². The van der Waals surface area contributed by atoms with Crippen LogP contribution in [0.4, 0.5) is 10.8 Å². The Morgan fingerprint density at radius 3 is 2.40 bits per heavy atom. The average Bonchev–Trinajstić information content (AvgIpc) is 3.14. The molecule has 0 aliphatic heterocycles. The van der Waals surface area contributed by atoms with Gasteiger partial charge in [-0.2, -0.15) is 0 Å². The van der Waals surface area contributed by atoms with Crippen molar-refractivity contribution in [2.24, 2.45) is 0 Å². The number of ether oxygens (including phenoxy) is 3. The summed E-state index contributed by atoms with van der Waals surface area (Å²) in [4.78, 5) is 28.1. The van der Waals surface area contributed by atoms with Gasteiger partial charge in [0.1, 0.15) is 11.5 Å². The van der Waals surface area contributed by atoms with E-state index < -0.39 is 11.9 Å². The van der Waals surface area contributed by atoms with Crippen LogP contribution >= 0.6 is 11.3 Å². The van der Waals surface area contributed by atoms with E-state index in [-0.39, 0.29) is 6.42 Å². The molecule has 0 bridgehead atoms. The van der Waals surface area contributed by atoms with E-state index in [9.17, 15) is 14.7 Å². The predicted molar refractivity (Wildman–Crippen MR) is 113 cm³/mol. The van der Waals surface area contributed by atoms with E-state index in [1.807, 2.05) is 0 Å². The summed E-state index contributed by atoms with van der Waals surface area (Å²) in [5.74, 6) is -0.225. The topological polar surface area (TPSA) is 107 Å². The Bertz CT molecular complexity index is 1060. The second kappa shape index (κ2) is 9.27. The molecule has 0 spiro atoms. The summed E-state index contributed by atoms with van der Waals surface area (Å²) in [6, 6.07) is 12.0. The fraction of sp³-hybridized carbons (Fsp3) is 0.190. The number of aliphatic carboxylic acids is 1. The highest BCUT2D eigenvalue weighted by atomic mass is 32.1. The number of carbonyl (C=O) groups is 2. The fourth-order valence-electron chi connectivity index (χ4n) is 2.80. The first-order valence-corrected chi connectivity index (χ1v) is 9.66. The molecule has 0 radical (unpaired) electrons. The summed E-state index contributed by atoms with van der Waals surface area (Å²) in [7, 11) is 4.41. The fourth-order valence-corrected chi connectivity index (χ4v) is 3.79. The predicted octanol–water partition coefficient (Wildman–Crippen LogP) is 3.98. The van der Waals surface area contributed by atoms with Crippen LogP contribution in [-0.4, -0.2) is 43.4 Å². The van der Waals surface area contributed by atoms with E-state index in [4.69, 9.17) is 14.2 Å². The number of carboxylic acids is 1. The van der Waals surface area contributed by atoms with Gasteiger partial charge in [0.25, 0.3) is 0 Å². The Balaban J connectivity index is 1.98. The highest BCUT2D eigenvalue weighted by molar-refractivity contribution is 7.16. The standard InChI is InChI=1S/C21H20N2O6S/c1-27-14-8-9-16(28-2)15(10-14)19-17(11-18(24)25)30-21(23-19)22-13-6-4-12(5-7-13)20(26)29-3/h4-10H,11H2,1-3H3,(H,22,23)(H,24,25). The summed E-state index contributed by atoms with van der Waals surface area (Å²) >= 11 is 1.23. The number of nitrogens with one attached hydrogen (secondary N) is 1. The zero-order chi connectivity index (χ0) is 21.7. The number of hydrogen-bond acceptors (Lipinski definition) is 8. The number of thiazole rings is 1. The molecule has 3 rings (SSSR count). The van der Waals surface area contributed by atoms with Crippen molar-refractivity contribution in [1.29, 1.82) is 0 Å². The maximum absolute atomic E-state index is 11.6. The van der Waals surface area contributed by atoms with E-state index in [1.165, 1.54) is 25.6 Å². The minimum Gasteiger partial charge on any atom is -0.497 e. The Morgan fingerprint density at radius 2 is 1.80 bits per heavy atom. The molecule has 3 aromatic rings. The van der Waals surface area contributed by atoms with Gasteiger partial charge in [-0.3, -0.25) is 4.79 Å². The van der Waals surface area contributed by atoms with Crippen LogP contribution in [0.3, 0.4) is 0 Å². The molecule has 0 aliphatic carbocycles. The Morgan fingerprint density at radius 1 is 1.07 bits per heavy atom. The van der Waals surface area contributed by atoms with Gasteiger partial charge >= 0.3 is 11.9 Å². The third kappa shape index (κ3) is 4.69. The summed E-state index contributed by atoms with van der Waals surface area (Å²) in [5, 5.41) is 13.0. The molecule has 0 saturated heterocycles. The molecule has 0 aliphatic rings. The summed E-state index contributed by atoms with van der Waals surface area (Å²) < 4.78 is 15.4. The van der Waals surface area contributed by atoms with Crippen LogP contribution in [0.1, 0.15) is 15.2 Å². The van der Waals surface area contributed by atoms with Crippen molar-refractivity contribution in [3.63, 3.8) is 0 Å². The number of benzene rings is 2. The minimum absolute atomic E-state index is 0.184. The smallest absolute Gasteiger partial charge is 0.337 e. The SMILES string of the molecule is COC(=O)c1ccc(Nc2nc(-c3cc(OC)ccc3OC)c(CC(=O)O)s2)cc1. The average molecular weight is 428 g/mol. The summed E-state index contributed by atoms with van der Waals surface area (Å²) in [6.45, 7) is 0. The molecular formula is C21H20N2O6S. The lowest BCUT2D eigenvalue weighted by atomic mass is 10.1. The number of carbonyl (C=O) groups excluding carboxylic acids is 1. The van der Waals surface area contributed by atoms with Crippen LogP contribution in [0.25, 0.3) is 11.3 Å². The monoisotopic (exact) mass is 428 g/mol. The molecule has 8 nitrogen and oxygen atoms in total. The number of rotatable bonds is 8. The van der Waals surface area contributed by atoms with E-state index >= 15 is 0 Å². The molecule has 1 aromatic heterocycles. The number of nitrogens with zero attached hydrogens (tertiary/aromatic N) is 1. The molecule has 0 saturated carbocycles. The van der Waals surface area contributed by atoms with Gasteiger partial charge in [0.15, 0.2) is 5.13 Å². The van der Waals surface area contributed by atoms with Crippen LogP contribution in [0.2, 0.25) is 0 Å². The van der Waals surface area contributed by atoms with Crippen LogP contribution in [0, 0.1) is 0 Å². The number of methoxy groups -OCH3 is 3. The van der Waals surface area contributed by atoms with Crippen LogP contribution in [0.15, 0.2) is 42.5 Å². The highest BCUT2D eigenvalue weighted by Gasteiger charge is 2.20. The van der Waals surface area contributed by atoms with E-state index in [1.54, 1.807) is 49.6 Å². The molecule has 156 valence electrons. The van der Waals surface area contributed by atoms with Gasteiger partial charge < -0.3 is 24.6 Å². The van der Waals surface area contributed by atoms with E-state index in [0.29, 0.717) is 44.0 Å². The quantitative estimate of drug-likeness (QED) is 0.519. The maximum Gasteiger partial charge on any atom is 0.337 e. The number of esters is 1. The molecule has 0 unspecified atom stereocenters. The van der Waals surface area contributed by atoms with Crippen molar-refractivity contribution >= 4 is 34.1 Å². The van der Waals surface area contributed by atoms with Crippen LogP contribution in [-0.2, 0) is 16.0 Å². The first-order valence-electron chi connectivity index (χ1n) is 8.84. The molecule has 0 atom stereocenters. The normalized spacial score (nSPS) is 10.4. The molecular weight excluding hydrogens is 408 g/mol. The number of hydrogen-bond donors (Lipinski definition) is 2.